The number of hydrogen-bond donors (Lipinski definition) is 15. The van der Waals surface area contributed by atoms with Crippen molar-refractivity contribution in [3.63, 3.8) is 0 Å². The third kappa shape index (κ3) is 19.5. The maximum atomic E-state index is 15.0. The van der Waals surface area contributed by atoms with E-state index in [1.54, 1.807) is 6.20 Å². The molecule has 33 heteroatoms. The van der Waals surface area contributed by atoms with E-state index < -0.39 is 151 Å². The third-order valence-corrected chi connectivity index (χ3v) is 17.0. The van der Waals surface area contributed by atoms with Crippen molar-refractivity contribution in [2.45, 2.75) is 151 Å². The van der Waals surface area contributed by atoms with E-state index in [1.165, 1.54) is 89.1 Å². The highest BCUT2D eigenvalue weighted by Crippen LogP contribution is 2.25. The molecule has 3 aromatic carbocycles. The smallest absolute Gasteiger partial charge is 0.305 e. The van der Waals surface area contributed by atoms with Crippen molar-refractivity contribution in [1.29, 1.82) is 0 Å². The number of carbonyl (C=O) groups excluding carboxylic acids is 10. The van der Waals surface area contributed by atoms with Crippen LogP contribution in [0.5, 0.6) is 5.75 Å². The van der Waals surface area contributed by atoms with Gasteiger partial charge >= 0.3 is 5.97 Å². The van der Waals surface area contributed by atoms with Crippen LogP contribution in [0.2, 0.25) is 0 Å². The molecule has 520 valence electrons. The number of nitrogens with one attached hydrogen (secondary N) is 11. The molecular weight excluding hydrogens is 1280 g/mol. The number of carboxylic acids is 1. The van der Waals surface area contributed by atoms with Gasteiger partial charge in [0.25, 0.3) is 0 Å². The van der Waals surface area contributed by atoms with Gasteiger partial charge in [-0.15, -0.1) is 5.10 Å². The molecule has 9 rings (SSSR count). The molecular formula is C65H78F2N18O13. The molecule has 7 aromatic rings. The number of aromatic nitrogens is 7. The third-order valence-electron chi connectivity index (χ3n) is 17.0. The number of aromatic amines is 3. The quantitative estimate of drug-likeness (QED) is 0.0582. The maximum Gasteiger partial charge on any atom is 0.305 e. The van der Waals surface area contributed by atoms with E-state index in [2.05, 4.69) is 72.8 Å². The van der Waals surface area contributed by atoms with Gasteiger partial charge in [0, 0.05) is 91.8 Å². The second-order valence-electron chi connectivity index (χ2n) is 24.3. The number of hydrogen-bond acceptors (Lipinski definition) is 16. The zero-order valence-corrected chi connectivity index (χ0v) is 53.2. The molecule has 10 amide bonds. The number of aryl methyl sites for hydroxylation is 2. The number of rotatable bonds is 15. The van der Waals surface area contributed by atoms with Crippen LogP contribution in [0.4, 0.5) is 8.78 Å². The minimum Gasteiger partial charge on any atom is -0.508 e. The largest absolute Gasteiger partial charge is 0.508 e. The van der Waals surface area contributed by atoms with Crippen LogP contribution < -0.4 is 54.0 Å². The Bertz CT molecular complexity index is 4030. The molecule has 1 fully saturated rings. The van der Waals surface area contributed by atoms with Crippen molar-refractivity contribution in [1.82, 2.24) is 82.4 Å². The van der Waals surface area contributed by atoms with E-state index in [1.807, 2.05) is 0 Å². The topological polar surface area (TPSA) is 471 Å². The van der Waals surface area contributed by atoms with Crippen molar-refractivity contribution in [2.75, 3.05) is 19.6 Å². The van der Waals surface area contributed by atoms with Crippen LogP contribution in [0.25, 0.3) is 21.8 Å². The number of carboxylic acid groups (broad SMARTS) is 1. The highest BCUT2D eigenvalue weighted by Gasteiger charge is 2.41. The molecule has 0 saturated carbocycles. The summed E-state index contributed by atoms with van der Waals surface area (Å²) in [6.07, 6.45) is 6.86. The lowest BCUT2D eigenvalue weighted by Gasteiger charge is -2.31. The number of H-pyrrole nitrogens is 3. The van der Waals surface area contributed by atoms with Crippen LogP contribution >= 0.6 is 0 Å². The highest BCUT2D eigenvalue weighted by molar-refractivity contribution is 6.00. The van der Waals surface area contributed by atoms with Crippen LogP contribution in [-0.4, -0.2) is 183 Å². The zero-order valence-electron chi connectivity index (χ0n) is 53.2. The number of nitrogens with zero attached hydrogens (tertiary/aromatic N) is 5. The molecule has 31 nitrogen and oxygen atoms in total. The van der Waals surface area contributed by atoms with Gasteiger partial charge in [-0.1, -0.05) is 17.3 Å². The first kappa shape index (κ1) is 71.2. The van der Waals surface area contributed by atoms with Crippen molar-refractivity contribution >= 4 is 86.8 Å². The average molecular weight is 1360 g/mol. The van der Waals surface area contributed by atoms with E-state index >= 15 is 9.59 Å². The Morgan fingerprint density at radius 2 is 1.22 bits per heavy atom. The Morgan fingerprint density at radius 1 is 0.612 bits per heavy atom. The fourth-order valence-electron chi connectivity index (χ4n) is 11.9. The number of fused-ring (bicyclic) bond motifs is 5. The molecule has 6 heterocycles. The minimum absolute atomic E-state index is 0.0244. The zero-order chi connectivity index (χ0) is 70.0. The molecule has 98 heavy (non-hydrogen) atoms. The Balaban J connectivity index is 1.05. The Labute approximate surface area is 558 Å². The first-order valence-electron chi connectivity index (χ1n) is 32.1. The number of halogens is 2. The molecule has 1 saturated heterocycles. The number of primary amides is 1. The van der Waals surface area contributed by atoms with Gasteiger partial charge < -0.3 is 84.1 Å². The number of nitrogens with two attached hydrogens (primary N) is 2. The average Bonchev–Trinajstić information content (AvgIpc) is 1.61. The van der Waals surface area contributed by atoms with Gasteiger partial charge in [0.2, 0.25) is 59.1 Å². The van der Waals surface area contributed by atoms with Crippen molar-refractivity contribution in [2.24, 2.45) is 11.5 Å². The van der Waals surface area contributed by atoms with Crippen LogP contribution in [0.1, 0.15) is 92.3 Å². The lowest BCUT2D eigenvalue weighted by molar-refractivity contribution is -0.143. The number of phenols is 1. The molecule has 0 unspecified atom stereocenters. The molecule has 8 atom stereocenters. The standard InChI is InChI=1S/C65H78F2N18O13/c66-38-13-17-45-43(25-38)36(29-71-45)23-49-60(93)78-50(24-37-30-72-46-18-14-39(67)26-44(37)46)61(94)80-52(28-57(89)90)63(96)79-51(27-41-31-70-34-74-41)62(95)81-53(22-35-11-15-42(86)16-12-35)65(98)85-21-4-9-54(85)64(97)77-47(58(69)91)8-3-6-40-33-84(83-82-40)20-5-10-55(87)75-48(7-1-2-19-68)59(92)73-32-56(88)76-49/h11-18,25-26,29-31,33-34,47-54,71-72,86H,1-10,19-24,27-28,32,68H2,(H2,69,91)(H,70,74)(H,73,92)(H,75,87)(H,76,88)(H,77,97)(H,78,93)(H,79,96)(H,80,94)(H,81,95)(H,89,90)/t47-,48-,49-,50-,51-,52-,53-,54-/m0/s1. The molecule has 2 bridgehead atoms. The van der Waals surface area contributed by atoms with Crippen molar-refractivity contribution in [3.05, 3.63) is 131 Å². The van der Waals surface area contributed by atoms with Crippen LogP contribution in [-0.2, 0) is 91.4 Å². The Hall–Kier alpha value is -11.1. The highest BCUT2D eigenvalue weighted by atomic mass is 19.1. The van der Waals surface area contributed by atoms with Crippen molar-refractivity contribution in [3.8, 4) is 5.75 Å². The maximum absolute atomic E-state index is 15.0. The van der Waals surface area contributed by atoms with E-state index in [0.717, 1.165) is 6.07 Å². The number of unbranched alkanes of at least 4 members (excludes halogenated alkanes) is 1. The summed E-state index contributed by atoms with van der Waals surface area (Å²) in [5.74, 6) is -12.1. The minimum atomic E-state index is -2.05. The number of phenolic OH excluding ortho intramolecular Hbond substituents is 1. The van der Waals surface area contributed by atoms with Gasteiger partial charge in [-0.05, 0) is 130 Å². The Morgan fingerprint density at radius 3 is 1.85 bits per heavy atom. The number of aromatic hydroxyl groups is 1. The number of imidazole rings is 1. The SMILES string of the molecule is NCCCC[C@@H]1NC(=O)CCCn2cc(nn2)CCC[C@@H](C(N)=O)NC(=O)[C@@H]2CCCN2C(=O)[C@H](Cc2ccc(O)cc2)NC(=O)[C@H](Cc2c[nH]cn2)NC(=O)[C@H](CC(=O)O)NC(=O)[C@H](Cc2c[nH]c3ccc(F)cc23)NC(=O)[C@H](Cc2c[nH]c3ccc(F)cc23)NC(=O)CNC1=O. The summed E-state index contributed by atoms with van der Waals surface area (Å²) in [4.78, 5) is 170. The first-order valence-corrected chi connectivity index (χ1v) is 32.1. The predicted octanol–water partition coefficient (Wildman–Crippen LogP) is -0.375. The van der Waals surface area contributed by atoms with Gasteiger partial charge in [0.05, 0.1) is 30.7 Å². The van der Waals surface area contributed by atoms with Crippen LogP contribution in [0.15, 0.2) is 91.8 Å². The van der Waals surface area contributed by atoms with Crippen molar-refractivity contribution < 1.29 is 71.7 Å². The van der Waals surface area contributed by atoms with Crippen LogP contribution in [0, 0.1) is 11.6 Å². The molecule has 0 radical (unpaired) electrons. The summed E-state index contributed by atoms with van der Waals surface area (Å²) in [7, 11) is 0. The summed E-state index contributed by atoms with van der Waals surface area (Å²) >= 11 is 0. The molecule has 0 spiro atoms. The second-order valence-corrected chi connectivity index (χ2v) is 24.3. The monoisotopic (exact) mass is 1360 g/mol. The van der Waals surface area contributed by atoms with Gasteiger partial charge in [0.15, 0.2) is 0 Å². The second kappa shape index (κ2) is 33.5. The number of amides is 10. The number of carbonyl (C=O) groups is 11. The first-order chi connectivity index (χ1) is 47.1. The summed E-state index contributed by atoms with van der Waals surface area (Å²) in [6, 6.07) is 1.07. The predicted molar refractivity (Wildman–Crippen MR) is 346 cm³/mol. The van der Waals surface area contributed by atoms with E-state index in [9.17, 15) is 62.1 Å². The molecule has 0 aliphatic carbocycles. The summed E-state index contributed by atoms with van der Waals surface area (Å²) < 4.78 is 31.3. The van der Waals surface area contributed by atoms with Gasteiger partial charge in [-0.25, -0.2) is 13.8 Å². The lowest BCUT2D eigenvalue weighted by atomic mass is 10.0. The molecule has 2 aliphatic rings. The number of aliphatic carboxylic acids is 1. The number of benzene rings is 3. The van der Waals surface area contributed by atoms with E-state index in [0.29, 0.717) is 52.5 Å². The van der Waals surface area contributed by atoms with E-state index in [4.69, 9.17) is 11.5 Å². The lowest BCUT2D eigenvalue weighted by Crippen LogP contribution is -2.61. The molecule has 2 aliphatic heterocycles. The van der Waals surface area contributed by atoms with Gasteiger partial charge in [-0.3, -0.25) is 57.4 Å². The Kier molecular flexibility index (Phi) is 24.3. The van der Waals surface area contributed by atoms with Crippen LogP contribution in [0.3, 0.4) is 0 Å². The van der Waals surface area contributed by atoms with Gasteiger partial charge in [0.1, 0.15) is 65.7 Å². The van der Waals surface area contributed by atoms with Gasteiger partial charge in [-0.2, -0.15) is 0 Å². The molecule has 4 aromatic heterocycles. The summed E-state index contributed by atoms with van der Waals surface area (Å²) in [6.45, 7) is -0.227. The van der Waals surface area contributed by atoms with E-state index in [-0.39, 0.29) is 99.8 Å². The fraction of sp³-hybridized carbons (Fsp3) is 0.415. The summed E-state index contributed by atoms with van der Waals surface area (Å²) in [5.41, 5.74) is 14.1. The normalized spacial score (nSPS) is 22.2. The fourth-order valence-corrected chi connectivity index (χ4v) is 11.9. The summed E-state index contributed by atoms with van der Waals surface area (Å²) in [5, 5.41) is 50.1. The molecule has 17 N–H and O–H groups in total.